The molecule has 0 radical (unpaired) electrons. The van der Waals surface area contributed by atoms with Gasteiger partial charge in [-0.05, 0) is 30.7 Å². The molecule has 1 aromatic carbocycles. The van der Waals surface area contributed by atoms with Crippen molar-refractivity contribution in [1.29, 1.82) is 0 Å². The maximum atomic E-state index is 13.1. The zero-order valence-electron chi connectivity index (χ0n) is 13.5. The molecule has 136 valence electrons. The van der Waals surface area contributed by atoms with Crippen molar-refractivity contribution in [2.45, 2.75) is 18.0 Å². The van der Waals surface area contributed by atoms with Gasteiger partial charge in [0.15, 0.2) is 0 Å². The van der Waals surface area contributed by atoms with E-state index in [1.165, 1.54) is 18.2 Å². The summed E-state index contributed by atoms with van der Waals surface area (Å²) < 4.78 is 65.2. The average molecular weight is 382 g/mol. The zero-order valence-corrected chi connectivity index (χ0v) is 14.3. The summed E-state index contributed by atoms with van der Waals surface area (Å²) >= 11 is 0. The zero-order chi connectivity index (χ0) is 19.5. The second-order valence-corrected chi connectivity index (χ2v) is 7.12. The molecule has 1 aromatic heterocycles. The highest BCUT2D eigenvalue weighted by molar-refractivity contribution is 7.89. The lowest BCUT2D eigenvalue weighted by atomic mass is 10.1. The van der Waals surface area contributed by atoms with E-state index in [1.54, 1.807) is 13.0 Å². The summed E-state index contributed by atoms with van der Waals surface area (Å²) in [5.74, 6) is 0.593. The van der Waals surface area contributed by atoms with Gasteiger partial charge in [0.1, 0.15) is 0 Å². The van der Waals surface area contributed by atoms with Gasteiger partial charge in [0.05, 0.1) is 22.6 Å². The molecular formula is C17H13F3N2O3S. The van der Waals surface area contributed by atoms with Crippen LogP contribution in [0.5, 0.6) is 0 Å². The molecule has 0 N–H and O–H groups in total. The molecule has 9 heteroatoms. The highest BCUT2D eigenvalue weighted by atomic mass is 32.2. The van der Waals surface area contributed by atoms with Crippen LogP contribution >= 0.6 is 0 Å². The first-order chi connectivity index (χ1) is 12.1. The van der Waals surface area contributed by atoms with Crippen LogP contribution in [0.2, 0.25) is 0 Å². The maximum absolute atomic E-state index is 13.1. The number of pyridine rings is 1. The van der Waals surface area contributed by atoms with Crippen molar-refractivity contribution in [3.63, 3.8) is 0 Å². The van der Waals surface area contributed by atoms with Gasteiger partial charge in [-0.3, -0.25) is 9.78 Å². The summed E-state index contributed by atoms with van der Waals surface area (Å²) in [6, 6.07) is 6.20. The van der Waals surface area contributed by atoms with Gasteiger partial charge in [0.2, 0.25) is 0 Å². The first-order valence-corrected chi connectivity index (χ1v) is 8.61. The standard InChI is InChI=1S/C17H13F3N2O3S/c1-3-9-22(26(24,25)13-6-4-5-12(2)10-13)16(23)14-11-21-8-7-15(14)17(18,19)20/h1,4-8,10-11H,9H2,2H3. The molecule has 2 aromatic rings. The van der Waals surface area contributed by atoms with E-state index in [2.05, 4.69) is 4.98 Å². The lowest BCUT2D eigenvalue weighted by Gasteiger charge is -2.22. The highest BCUT2D eigenvalue weighted by Crippen LogP contribution is 2.32. The first kappa shape index (κ1) is 19.5. The van der Waals surface area contributed by atoms with Crippen molar-refractivity contribution in [2.24, 2.45) is 0 Å². The molecule has 0 saturated heterocycles. The number of sulfonamides is 1. The van der Waals surface area contributed by atoms with E-state index < -0.39 is 39.8 Å². The van der Waals surface area contributed by atoms with E-state index in [4.69, 9.17) is 6.42 Å². The summed E-state index contributed by atoms with van der Waals surface area (Å²) in [5, 5.41) is 0. The van der Waals surface area contributed by atoms with Crippen molar-refractivity contribution < 1.29 is 26.4 Å². The minimum atomic E-state index is -4.86. The van der Waals surface area contributed by atoms with Gasteiger partial charge in [0.25, 0.3) is 15.9 Å². The Hall–Kier alpha value is -2.86. The molecule has 0 bridgehead atoms. The van der Waals surface area contributed by atoms with Crippen LogP contribution in [0, 0.1) is 19.3 Å². The quantitative estimate of drug-likeness (QED) is 0.763. The number of rotatable bonds is 4. The lowest BCUT2D eigenvalue weighted by molar-refractivity contribution is -0.138. The third kappa shape index (κ3) is 3.86. The predicted octanol–water partition coefficient (Wildman–Crippen LogP) is 2.87. The third-order valence-electron chi connectivity index (χ3n) is 3.40. The summed E-state index contributed by atoms with van der Waals surface area (Å²) in [6.45, 7) is 0.913. The number of amides is 1. The Labute approximate surface area is 148 Å². The maximum Gasteiger partial charge on any atom is 0.417 e. The first-order valence-electron chi connectivity index (χ1n) is 7.17. The Morgan fingerprint density at radius 1 is 1.31 bits per heavy atom. The smallest absolute Gasteiger partial charge is 0.268 e. The van der Waals surface area contributed by atoms with Crippen molar-refractivity contribution in [1.82, 2.24) is 9.29 Å². The Kier molecular flexibility index (Phi) is 5.37. The number of aryl methyl sites for hydroxylation is 1. The number of carbonyl (C=O) groups is 1. The summed E-state index contributed by atoms with van der Waals surface area (Å²) in [4.78, 5) is 15.9. The van der Waals surface area contributed by atoms with Crippen molar-refractivity contribution >= 4 is 15.9 Å². The number of benzene rings is 1. The van der Waals surface area contributed by atoms with Crippen LogP contribution in [0.4, 0.5) is 13.2 Å². The number of hydrogen-bond donors (Lipinski definition) is 0. The van der Waals surface area contributed by atoms with Crippen LogP contribution in [-0.2, 0) is 16.2 Å². The number of nitrogens with zero attached hydrogens (tertiary/aromatic N) is 2. The Bertz CT molecular complexity index is 979. The fourth-order valence-electron chi connectivity index (χ4n) is 2.20. The molecule has 0 atom stereocenters. The normalized spacial score (nSPS) is 11.7. The Morgan fingerprint density at radius 2 is 2.00 bits per heavy atom. The average Bonchev–Trinajstić information content (AvgIpc) is 2.58. The molecule has 0 fully saturated rings. The van der Waals surface area contributed by atoms with Gasteiger partial charge in [-0.1, -0.05) is 18.1 Å². The summed E-state index contributed by atoms with van der Waals surface area (Å²) in [5.41, 5.74) is -1.60. The van der Waals surface area contributed by atoms with E-state index >= 15 is 0 Å². The fraction of sp³-hybridized carbons (Fsp3) is 0.176. The van der Waals surface area contributed by atoms with E-state index in [0.717, 1.165) is 6.20 Å². The van der Waals surface area contributed by atoms with E-state index in [0.29, 0.717) is 17.8 Å². The van der Waals surface area contributed by atoms with Gasteiger partial charge in [-0.15, -0.1) is 6.42 Å². The molecule has 0 aliphatic rings. The molecular weight excluding hydrogens is 369 g/mol. The molecule has 2 rings (SSSR count). The minimum absolute atomic E-state index is 0.230. The monoisotopic (exact) mass is 382 g/mol. The summed E-state index contributed by atoms with van der Waals surface area (Å²) in [6.07, 6.45) is 1.80. The number of aromatic nitrogens is 1. The van der Waals surface area contributed by atoms with Crippen LogP contribution in [-0.4, -0.2) is 30.2 Å². The van der Waals surface area contributed by atoms with Gasteiger partial charge in [0, 0.05) is 12.4 Å². The minimum Gasteiger partial charge on any atom is -0.268 e. The lowest BCUT2D eigenvalue weighted by Crippen LogP contribution is -2.38. The van der Waals surface area contributed by atoms with Gasteiger partial charge in [-0.2, -0.15) is 13.2 Å². The number of terminal acetylenes is 1. The highest BCUT2D eigenvalue weighted by Gasteiger charge is 2.38. The molecule has 26 heavy (non-hydrogen) atoms. The fourth-order valence-corrected chi connectivity index (χ4v) is 3.60. The van der Waals surface area contributed by atoms with Crippen LogP contribution in [0.3, 0.4) is 0 Å². The Balaban J connectivity index is 2.59. The SMILES string of the molecule is C#CCN(C(=O)c1cnccc1C(F)(F)F)S(=O)(=O)c1cccc(C)c1. The number of hydrogen-bond acceptors (Lipinski definition) is 4. The number of alkyl halides is 3. The van der Waals surface area contributed by atoms with E-state index in [1.807, 2.05) is 5.92 Å². The van der Waals surface area contributed by atoms with Crippen molar-refractivity contribution in [3.05, 3.63) is 59.4 Å². The molecule has 1 amide bonds. The molecule has 1 heterocycles. The molecule has 5 nitrogen and oxygen atoms in total. The van der Waals surface area contributed by atoms with Crippen LogP contribution in [0.25, 0.3) is 0 Å². The molecule has 0 saturated carbocycles. The van der Waals surface area contributed by atoms with E-state index in [9.17, 15) is 26.4 Å². The van der Waals surface area contributed by atoms with Gasteiger partial charge >= 0.3 is 6.18 Å². The van der Waals surface area contributed by atoms with Crippen molar-refractivity contribution in [2.75, 3.05) is 6.54 Å². The molecule has 0 aliphatic heterocycles. The molecule has 0 aliphatic carbocycles. The number of halogens is 3. The van der Waals surface area contributed by atoms with Crippen molar-refractivity contribution in [3.8, 4) is 12.3 Å². The second kappa shape index (κ2) is 7.17. The molecule has 0 unspecified atom stereocenters. The van der Waals surface area contributed by atoms with Crippen LogP contribution < -0.4 is 0 Å². The van der Waals surface area contributed by atoms with Crippen LogP contribution in [0.15, 0.2) is 47.6 Å². The predicted molar refractivity (Wildman–Crippen MR) is 87.5 cm³/mol. The largest absolute Gasteiger partial charge is 0.417 e. The van der Waals surface area contributed by atoms with Crippen LogP contribution in [0.1, 0.15) is 21.5 Å². The van der Waals surface area contributed by atoms with Gasteiger partial charge < -0.3 is 0 Å². The topological polar surface area (TPSA) is 67.3 Å². The number of carbonyl (C=O) groups excluding carboxylic acids is 1. The molecule has 0 spiro atoms. The van der Waals surface area contributed by atoms with Gasteiger partial charge in [-0.25, -0.2) is 12.7 Å². The third-order valence-corrected chi connectivity index (χ3v) is 5.12. The second-order valence-electron chi connectivity index (χ2n) is 5.26. The van der Waals surface area contributed by atoms with E-state index in [-0.39, 0.29) is 9.20 Å². The summed E-state index contributed by atoms with van der Waals surface area (Å²) in [7, 11) is -4.45. The Morgan fingerprint density at radius 3 is 2.58 bits per heavy atom.